The van der Waals surface area contributed by atoms with Crippen molar-refractivity contribution in [2.75, 3.05) is 36.9 Å². The summed E-state index contributed by atoms with van der Waals surface area (Å²) < 4.78 is 38.1. The summed E-state index contributed by atoms with van der Waals surface area (Å²) >= 11 is 6.50. The molecular weight excluding hydrogens is 602 g/mol. The van der Waals surface area contributed by atoms with Crippen molar-refractivity contribution >= 4 is 39.1 Å². The molecule has 0 bridgehead atoms. The normalized spacial score (nSPS) is 13.3. The number of ether oxygens (including phenoxy) is 2. The summed E-state index contributed by atoms with van der Waals surface area (Å²) in [6.07, 6.45) is 1.69. The summed E-state index contributed by atoms with van der Waals surface area (Å²) in [6.45, 7) is 5.48. The highest BCUT2D eigenvalue weighted by atomic mass is 35.5. The van der Waals surface area contributed by atoms with Gasteiger partial charge in [0.15, 0.2) is 11.5 Å². The zero-order chi connectivity index (χ0) is 31.7. The number of benzene rings is 3. The molecule has 3 aromatic carbocycles. The average Bonchev–Trinajstić information content (AvgIpc) is 3.00. The van der Waals surface area contributed by atoms with Gasteiger partial charge in [0.2, 0.25) is 21.8 Å². The minimum absolute atomic E-state index is 0.0176. The second-order valence-corrected chi connectivity index (χ2v) is 13.5. The number of amides is 2. The molecule has 44 heavy (non-hydrogen) atoms. The largest absolute Gasteiger partial charge is 0.486 e. The second kappa shape index (κ2) is 15.3. The van der Waals surface area contributed by atoms with E-state index in [0.717, 1.165) is 11.8 Å². The third-order valence-electron chi connectivity index (χ3n) is 7.22. The molecule has 9 nitrogen and oxygen atoms in total. The van der Waals surface area contributed by atoms with Crippen molar-refractivity contribution in [1.29, 1.82) is 0 Å². The topological polar surface area (TPSA) is 105 Å². The van der Waals surface area contributed by atoms with Gasteiger partial charge >= 0.3 is 0 Å². The smallest absolute Gasteiger partial charge is 0.243 e. The quantitative estimate of drug-likeness (QED) is 0.264. The molecule has 1 aliphatic rings. The highest BCUT2D eigenvalue weighted by Crippen LogP contribution is 2.35. The Morgan fingerprint density at radius 1 is 0.955 bits per heavy atom. The fourth-order valence-corrected chi connectivity index (χ4v) is 6.13. The van der Waals surface area contributed by atoms with Gasteiger partial charge in [0.25, 0.3) is 0 Å². The lowest BCUT2D eigenvalue weighted by molar-refractivity contribution is -0.141. The molecule has 1 heterocycles. The van der Waals surface area contributed by atoms with Crippen molar-refractivity contribution in [3.63, 3.8) is 0 Å². The Kier molecular flexibility index (Phi) is 11.5. The van der Waals surface area contributed by atoms with E-state index < -0.39 is 16.1 Å². The lowest BCUT2D eigenvalue weighted by Crippen LogP contribution is -2.51. The Hall–Kier alpha value is -3.76. The third kappa shape index (κ3) is 9.12. The van der Waals surface area contributed by atoms with E-state index >= 15 is 0 Å². The molecule has 1 atom stereocenters. The SMILES string of the molecule is CC(C)CNC(=O)[C@H](Cc1ccccc1)N(Cc1ccccc1Cl)C(=O)CCCN(c1ccc2c(c1)OCCO2)S(C)(=O)=O. The van der Waals surface area contributed by atoms with Crippen molar-refractivity contribution in [2.45, 2.75) is 45.7 Å². The zero-order valence-electron chi connectivity index (χ0n) is 25.4. The highest BCUT2D eigenvalue weighted by Gasteiger charge is 2.31. The van der Waals surface area contributed by atoms with Crippen molar-refractivity contribution in [3.8, 4) is 11.5 Å². The van der Waals surface area contributed by atoms with E-state index in [-0.39, 0.29) is 43.7 Å². The summed E-state index contributed by atoms with van der Waals surface area (Å²) in [7, 11) is -3.67. The Morgan fingerprint density at radius 2 is 1.64 bits per heavy atom. The fourth-order valence-electron chi connectivity index (χ4n) is 4.98. The molecular formula is C33H40ClN3O6S. The molecule has 1 N–H and O–H groups in total. The number of hydrogen-bond donors (Lipinski definition) is 1. The number of carbonyl (C=O) groups excluding carboxylic acids is 2. The van der Waals surface area contributed by atoms with E-state index in [9.17, 15) is 18.0 Å². The molecule has 236 valence electrons. The van der Waals surface area contributed by atoms with Crippen molar-refractivity contribution in [2.24, 2.45) is 5.92 Å². The van der Waals surface area contributed by atoms with Gasteiger partial charge in [-0.1, -0.05) is 74.0 Å². The Labute approximate surface area is 265 Å². The van der Waals surface area contributed by atoms with Crippen LogP contribution in [0.3, 0.4) is 0 Å². The van der Waals surface area contributed by atoms with Gasteiger partial charge in [0, 0.05) is 43.6 Å². The second-order valence-electron chi connectivity index (χ2n) is 11.2. The van der Waals surface area contributed by atoms with Crippen molar-refractivity contribution in [1.82, 2.24) is 10.2 Å². The van der Waals surface area contributed by atoms with E-state index in [2.05, 4.69) is 5.32 Å². The Bertz CT molecular complexity index is 1530. The average molecular weight is 642 g/mol. The van der Waals surface area contributed by atoms with E-state index in [4.69, 9.17) is 21.1 Å². The fraction of sp³-hybridized carbons (Fsp3) is 0.394. The maximum absolute atomic E-state index is 14.0. The summed E-state index contributed by atoms with van der Waals surface area (Å²) in [6, 6.07) is 21.0. The molecule has 0 radical (unpaired) electrons. The number of sulfonamides is 1. The van der Waals surface area contributed by atoms with E-state index in [1.807, 2.05) is 62.4 Å². The van der Waals surface area contributed by atoms with Crippen LogP contribution in [0.1, 0.15) is 37.8 Å². The van der Waals surface area contributed by atoms with Gasteiger partial charge in [-0.25, -0.2) is 8.42 Å². The highest BCUT2D eigenvalue weighted by molar-refractivity contribution is 7.92. The van der Waals surface area contributed by atoms with E-state index in [0.29, 0.717) is 54.0 Å². The molecule has 2 amide bonds. The molecule has 0 aliphatic carbocycles. The molecule has 11 heteroatoms. The Balaban J connectivity index is 1.58. The summed E-state index contributed by atoms with van der Waals surface area (Å²) in [5, 5.41) is 3.50. The minimum atomic E-state index is -3.67. The van der Waals surface area contributed by atoms with Gasteiger partial charge in [-0.05, 0) is 41.7 Å². The maximum Gasteiger partial charge on any atom is 0.243 e. The molecule has 3 aromatic rings. The first-order valence-corrected chi connectivity index (χ1v) is 17.0. The molecule has 0 fully saturated rings. The van der Waals surface area contributed by atoms with Gasteiger partial charge in [-0.15, -0.1) is 0 Å². The summed E-state index contributed by atoms with van der Waals surface area (Å²) in [5.74, 6) is 0.726. The monoisotopic (exact) mass is 641 g/mol. The van der Waals surface area contributed by atoms with Crippen LogP contribution in [-0.2, 0) is 32.6 Å². The number of anilines is 1. The molecule has 4 rings (SSSR count). The summed E-state index contributed by atoms with van der Waals surface area (Å²) in [4.78, 5) is 29.2. The zero-order valence-corrected chi connectivity index (χ0v) is 26.9. The number of hydrogen-bond acceptors (Lipinski definition) is 6. The maximum atomic E-state index is 14.0. The molecule has 0 saturated carbocycles. The predicted molar refractivity (Wildman–Crippen MR) is 173 cm³/mol. The van der Waals surface area contributed by atoms with Crippen LogP contribution < -0.4 is 19.1 Å². The minimum Gasteiger partial charge on any atom is -0.486 e. The predicted octanol–water partition coefficient (Wildman–Crippen LogP) is 5.07. The lowest BCUT2D eigenvalue weighted by atomic mass is 10.0. The first-order chi connectivity index (χ1) is 21.0. The van der Waals surface area contributed by atoms with Gasteiger partial charge in [-0.2, -0.15) is 0 Å². The number of halogens is 1. The van der Waals surface area contributed by atoms with Gasteiger partial charge in [0.1, 0.15) is 19.3 Å². The number of carbonyl (C=O) groups is 2. The number of rotatable bonds is 14. The number of nitrogens with zero attached hydrogens (tertiary/aromatic N) is 2. The molecule has 0 saturated heterocycles. The van der Waals surface area contributed by atoms with Crippen LogP contribution in [0.2, 0.25) is 5.02 Å². The van der Waals surface area contributed by atoms with Crippen LogP contribution >= 0.6 is 11.6 Å². The van der Waals surface area contributed by atoms with E-state index in [1.165, 1.54) is 4.31 Å². The van der Waals surface area contributed by atoms with Crippen LogP contribution in [0.5, 0.6) is 11.5 Å². The molecule has 0 spiro atoms. The van der Waals surface area contributed by atoms with Crippen LogP contribution in [0.25, 0.3) is 0 Å². The van der Waals surface area contributed by atoms with Gasteiger partial charge < -0.3 is 19.7 Å². The number of fused-ring (bicyclic) bond motifs is 1. The van der Waals surface area contributed by atoms with Crippen LogP contribution in [0.15, 0.2) is 72.8 Å². The van der Waals surface area contributed by atoms with Crippen molar-refractivity contribution in [3.05, 3.63) is 88.9 Å². The standard InChI is InChI=1S/C33H40ClN3O6S/c1-24(2)22-35-33(39)29(20-25-10-5-4-6-11-25)36(23-26-12-7-8-13-28(26)34)32(38)14-9-17-37(44(3,40)41)27-15-16-30-31(21-27)43-19-18-42-30/h4-8,10-13,15-16,21,24,29H,9,14,17-20,22-23H2,1-3H3,(H,35,39)/t29-/m0/s1. The first kappa shape index (κ1) is 33.1. The molecule has 0 unspecified atom stereocenters. The molecule has 1 aliphatic heterocycles. The van der Waals surface area contributed by atoms with Gasteiger partial charge in [0.05, 0.1) is 11.9 Å². The van der Waals surface area contributed by atoms with Crippen LogP contribution in [-0.4, -0.2) is 63.7 Å². The Morgan fingerprint density at radius 3 is 2.32 bits per heavy atom. The summed E-state index contributed by atoms with van der Waals surface area (Å²) in [5.41, 5.74) is 2.05. The van der Waals surface area contributed by atoms with Crippen molar-refractivity contribution < 1.29 is 27.5 Å². The lowest BCUT2D eigenvalue weighted by Gasteiger charge is -2.32. The van der Waals surface area contributed by atoms with E-state index in [1.54, 1.807) is 29.2 Å². The number of nitrogens with one attached hydrogen (secondary N) is 1. The van der Waals surface area contributed by atoms with Crippen LogP contribution in [0, 0.1) is 5.92 Å². The van der Waals surface area contributed by atoms with Crippen LogP contribution in [0.4, 0.5) is 5.69 Å². The first-order valence-electron chi connectivity index (χ1n) is 14.7. The van der Waals surface area contributed by atoms with Gasteiger partial charge in [-0.3, -0.25) is 13.9 Å². The molecule has 0 aromatic heterocycles. The third-order valence-corrected chi connectivity index (χ3v) is 8.78.